The summed E-state index contributed by atoms with van der Waals surface area (Å²) in [5.74, 6) is -1.69. The molecule has 0 spiro atoms. The molecule has 1 aromatic carbocycles. The molecule has 0 saturated carbocycles. The molecule has 2 aromatic rings. The summed E-state index contributed by atoms with van der Waals surface area (Å²) in [6.45, 7) is 3.41. The van der Waals surface area contributed by atoms with Gasteiger partial charge >= 0.3 is 17.6 Å². The van der Waals surface area contributed by atoms with E-state index in [-0.39, 0.29) is 17.7 Å². The number of nitrogens with one attached hydrogen (secondary N) is 1. The first-order chi connectivity index (χ1) is 9.47. The molecule has 7 heteroatoms. The highest BCUT2D eigenvalue weighted by Crippen LogP contribution is 2.19. The first kappa shape index (κ1) is 13.9. The number of carbonyl (C=O) groups excluding carboxylic acids is 1. The second kappa shape index (κ2) is 5.20. The Bertz CT molecular complexity index is 728. The number of carboxylic acids is 1. The molecular weight excluding hydrogens is 264 g/mol. The fraction of sp³-hybridized carbons (Fsp3) is 0.308. The third-order valence-electron chi connectivity index (χ3n) is 3.00. The zero-order valence-electron chi connectivity index (χ0n) is 11.0. The van der Waals surface area contributed by atoms with Crippen LogP contribution in [0.4, 0.5) is 0 Å². The van der Waals surface area contributed by atoms with Gasteiger partial charge in [-0.15, -0.1) is 0 Å². The van der Waals surface area contributed by atoms with Gasteiger partial charge in [-0.1, -0.05) is 6.07 Å². The largest absolute Gasteiger partial charge is 0.478 e. The Balaban J connectivity index is 2.63. The summed E-state index contributed by atoms with van der Waals surface area (Å²) in [6, 6.07) is 3.66. The van der Waals surface area contributed by atoms with Gasteiger partial charge in [0, 0.05) is 0 Å². The van der Waals surface area contributed by atoms with Gasteiger partial charge in [-0.25, -0.2) is 14.4 Å². The fourth-order valence-electron chi connectivity index (χ4n) is 2.08. The molecule has 0 fully saturated rings. The number of carbonyl (C=O) groups is 2. The summed E-state index contributed by atoms with van der Waals surface area (Å²) < 4.78 is 6.07. The number of para-hydroxylation sites is 1. The van der Waals surface area contributed by atoms with Crippen molar-refractivity contribution in [1.29, 1.82) is 0 Å². The highest BCUT2D eigenvalue weighted by atomic mass is 16.5. The SMILES string of the molecule is CCOC(=O)C(C)n1c(=O)[nH]c2c(C(=O)O)cccc21. The van der Waals surface area contributed by atoms with E-state index >= 15 is 0 Å². The highest BCUT2D eigenvalue weighted by molar-refractivity contribution is 6.01. The quantitative estimate of drug-likeness (QED) is 0.817. The van der Waals surface area contributed by atoms with Crippen LogP contribution in [-0.4, -0.2) is 33.2 Å². The maximum absolute atomic E-state index is 12.0. The fourth-order valence-corrected chi connectivity index (χ4v) is 2.08. The number of hydrogen-bond donors (Lipinski definition) is 2. The molecule has 1 heterocycles. The van der Waals surface area contributed by atoms with Crippen LogP contribution in [0.1, 0.15) is 30.2 Å². The molecule has 0 saturated heterocycles. The van der Waals surface area contributed by atoms with Gasteiger partial charge in [0.2, 0.25) is 0 Å². The lowest BCUT2D eigenvalue weighted by Crippen LogP contribution is -2.27. The van der Waals surface area contributed by atoms with Crippen LogP contribution in [-0.2, 0) is 9.53 Å². The number of aromatic nitrogens is 2. The van der Waals surface area contributed by atoms with Crippen molar-refractivity contribution in [3.05, 3.63) is 34.2 Å². The van der Waals surface area contributed by atoms with Crippen LogP contribution in [0, 0.1) is 0 Å². The monoisotopic (exact) mass is 278 g/mol. The smallest absolute Gasteiger partial charge is 0.337 e. The number of hydrogen-bond acceptors (Lipinski definition) is 4. The van der Waals surface area contributed by atoms with E-state index in [1.807, 2.05) is 0 Å². The number of carboxylic acid groups (broad SMARTS) is 1. The minimum absolute atomic E-state index is 0.0191. The molecule has 1 aromatic heterocycles. The molecule has 20 heavy (non-hydrogen) atoms. The predicted molar refractivity (Wildman–Crippen MR) is 70.9 cm³/mol. The molecular formula is C13H14N2O5. The van der Waals surface area contributed by atoms with Crippen molar-refractivity contribution >= 4 is 23.0 Å². The molecule has 0 bridgehead atoms. The molecule has 7 nitrogen and oxygen atoms in total. The second-order valence-corrected chi connectivity index (χ2v) is 4.23. The Kier molecular flexibility index (Phi) is 3.60. The van der Waals surface area contributed by atoms with Crippen molar-refractivity contribution in [2.24, 2.45) is 0 Å². The molecule has 2 rings (SSSR count). The lowest BCUT2D eigenvalue weighted by Gasteiger charge is -2.12. The number of esters is 1. The number of aromatic carboxylic acids is 1. The number of imidazole rings is 1. The number of rotatable bonds is 4. The van der Waals surface area contributed by atoms with E-state index in [4.69, 9.17) is 9.84 Å². The Morgan fingerprint density at radius 3 is 2.75 bits per heavy atom. The van der Waals surface area contributed by atoms with Crippen LogP contribution in [0.3, 0.4) is 0 Å². The van der Waals surface area contributed by atoms with Crippen LogP contribution < -0.4 is 5.69 Å². The summed E-state index contributed by atoms with van der Waals surface area (Å²) in [6.07, 6.45) is 0. The van der Waals surface area contributed by atoms with Gasteiger partial charge in [0.15, 0.2) is 0 Å². The van der Waals surface area contributed by atoms with Crippen molar-refractivity contribution < 1.29 is 19.4 Å². The maximum atomic E-state index is 12.0. The molecule has 0 aliphatic heterocycles. The predicted octanol–water partition coefficient (Wildman–Crippen LogP) is 1.15. The van der Waals surface area contributed by atoms with Gasteiger partial charge in [-0.2, -0.15) is 0 Å². The first-order valence-corrected chi connectivity index (χ1v) is 6.10. The Hall–Kier alpha value is -2.57. The number of aromatic amines is 1. The van der Waals surface area contributed by atoms with Crippen molar-refractivity contribution in [2.45, 2.75) is 19.9 Å². The van der Waals surface area contributed by atoms with Crippen molar-refractivity contribution in [3.8, 4) is 0 Å². The molecule has 0 aliphatic rings. The van der Waals surface area contributed by atoms with E-state index in [2.05, 4.69) is 4.98 Å². The molecule has 0 amide bonds. The molecule has 0 aliphatic carbocycles. The van der Waals surface area contributed by atoms with E-state index < -0.39 is 23.7 Å². The van der Waals surface area contributed by atoms with Crippen molar-refractivity contribution in [2.75, 3.05) is 6.61 Å². The van der Waals surface area contributed by atoms with Crippen LogP contribution >= 0.6 is 0 Å². The minimum Gasteiger partial charge on any atom is -0.478 e. The Morgan fingerprint density at radius 2 is 2.15 bits per heavy atom. The third kappa shape index (κ3) is 2.18. The summed E-state index contributed by atoms with van der Waals surface area (Å²) in [4.78, 5) is 37.3. The topological polar surface area (TPSA) is 101 Å². The van der Waals surface area contributed by atoms with Crippen molar-refractivity contribution in [1.82, 2.24) is 9.55 Å². The van der Waals surface area contributed by atoms with Crippen molar-refractivity contribution in [3.63, 3.8) is 0 Å². The first-order valence-electron chi connectivity index (χ1n) is 6.10. The van der Waals surface area contributed by atoms with Gasteiger partial charge in [-0.3, -0.25) is 4.57 Å². The average Bonchev–Trinajstić information content (AvgIpc) is 2.73. The van der Waals surface area contributed by atoms with Crippen LogP contribution in [0.25, 0.3) is 11.0 Å². The summed E-state index contributed by atoms with van der Waals surface area (Å²) in [5, 5.41) is 9.09. The van der Waals surface area contributed by atoms with E-state index in [0.29, 0.717) is 5.52 Å². The second-order valence-electron chi connectivity index (χ2n) is 4.23. The van der Waals surface area contributed by atoms with Crippen LogP contribution in [0.15, 0.2) is 23.0 Å². The minimum atomic E-state index is -1.15. The Morgan fingerprint density at radius 1 is 1.45 bits per heavy atom. The van der Waals surface area contributed by atoms with E-state index in [1.165, 1.54) is 23.6 Å². The number of ether oxygens (including phenoxy) is 1. The number of benzene rings is 1. The van der Waals surface area contributed by atoms with Crippen LogP contribution in [0.5, 0.6) is 0 Å². The zero-order valence-corrected chi connectivity index (χ0v) is 11.0. The lowest BCUT2D eigenvalue weighted by atomic mass is 10.2. The third-order valence-corrected chi connectivity index (χ3v) is 3.00. The van der Waals surface area contributed by atoms with Gasteiger partial charge < -0.3 is 14.8 Å². The Labute approximate surface area is 113 Å². The molecule has 2 N–H and O–H groups in total. The highest BCUT2D eigenvalue weighted by Gasteiger charge is 2.22. The van der Waals surface area contributed by atoms with Gasteiger partial charge in [0.25, 0.3) is 0 Å². The molecule has 1 atom stereocenters. The maximum Gasteiger partial charge on any atom is 0.337 e. The van der Waals surface area contributed by atoms with E-state index in [0.717, 1.165) is 0 Å². The lowest BCUT2D eigenvalue weighted by molar-refractivity contribution is -0.146. The summed E-state index contributed by atoms with van der Waals surface area (Å²) in [5.41, 5.74) is -0.0136. The van der Waals surface area contributed by atoms with Gasteiger partial charge in [-0.05, 0) is 26.0 Å². The molecule has 0 radical (unpaired) electrons. The van der Waals surface area contributed by atoms with Gasteiger partial charge in [0.1, 0.15) is 6.04 Å². The zero-order chi connectivity index (χ0) is 14.9. The molecule has 1 unspecified atom stereocenters. The standard InChI is InChI=1S/C13H14N2O5/c1-3-20-12(18)7(2)15-9-6-4-5-8(11(16)17)10(9)14-13(15)19/h4-7H,3H2,1-2H3,(H,14,19)(H,16,17). The van der Waals surface area contributed by atoms with E-state index in [1.54, 1.807) is 13.0 Å². The summed E-state index contributed by atoms with van der Waals surface area (Å²) in [7, 11) is 0. The van der Waals surface area contributed by atoms with E-state index in [9.17, 15) is 14.4 Å². The number of H-pyrrole nitrogens is 1. The summed E-state index contributed by atoms with van der Waals surface area (Å²) >= 11 is 0. The molecule has 106 valence electrons. The van der Waals surface area contributed by atoms with Crippen LogP contribution in [0.2, 0.25) is 0 Å². The number of fused-ring (bicyclic) bond motifs is 1. The number of nitrogens with zero attached hydrogens (tertiary/aromatic N) is 1. The normalized spacial score (nSPS) is 12.3. The average molecular weight is 278 g/mol. The van der Waals surface area contributed by atoms with Gasteiger partial charge in [0.05, 0.1) is 23.2 Å².